The fourth-order valence-electron chi connectivity index (χ4n) is 2.07. The third kappa shape index (κ3) is 1.61. The van der Waals surface area contributed by atoms with E-state index in [0.717, 1.165) is 6.07 Å². The number of benzene rings is 2. The van der Waals surface area contributed by atoms with Gasteiger partial charge >= 0.3 is 5.63 Å². The van der Waals surface area contributed by atoms with Gasteiger partial charge in [0.15, 0.2) is 0 Å². The van der Waals surface area contributed by atoms with Gasteiger partial charge in [0.2, 0.25) is 0 Å². The Hall–Kier alpha value is -2.89. The van der Waals surface area contributed by atoms with Crippen LogP contribution in [0.3, 0.4) is 0 Å². The third-order valence-electron chi connectivity index (χ3n) is 2.86. The zero-order valence-corrected chi connectivity index (χ0v) is 9.45. The number of aromatic hydroxyl groups is 2. The predicted molar refractivity (Wildman–Crippen MR) is 68.8 cm³/mol. The van der Waals surface area contributed by atoms with E-state index in [1.54, 1.807) is 0 Å². The molecule has 3 rings (SSSR count). The van der Waals surface area contributed by atoms with Crippen molar-refractivity contribution in [1.82, 2.24) is 0 Å². The Morgan fingerprint density at radius 3 is 2.58 bits per heavy atom. The number of hydrogen-bond acceptors (Lipinski definition) is 6. The highest BCUT2D eigenvalue weighted by atomic mass is 16.4. The van der Waals surface area contributed by atoms with Gasteiger partial charge in [-0.15, -0.1) is 4.91 Å². The molecule has 0 fully saturated rings. The average molecular weight is 257 g/mol. The fourth-order valence-corrected chi connectivity index (χ4v) is 2.07. The lowest BCUT2D eigenvalue weighted by Gasteiger charge is -2.05. The highest BCUT2D eigenvalue weighted by Gasteiger charge is 2.13. The van der Waals surface area contributed by atoms with Crippen LogP contribution in [0.2, 0.25) is 0 Å². The van der Waals surface area contributed by atoms with Crippen molar-refractivity contribution in [2.75, 3.05) is 0 Å². The van der Waals surface area contributed by atoms with Gasteiger partial charge in [0.1, 0.15) is 22.8 Å². The summed E-state index contributed by atoms with van der Waals surface area (Å²) in [6, 6.07) is 6.63. The molecule has 6 heteroatoms. The van der Waals surface area contributed by atoms with E-state index in [4.69, 9.17) is 4.42 Å². The van der Waals surface area contributed by atoms with Gasteiger partial charge in [-0.3, -0.25) is 0 Å². The monoisotopic (exact) mass is 257 g/mol. The molecular weight excluding hydrogens is 250 g/mol. The molecule has 2 aromatic carbocycles. The molecule has 0 unspecified atom stereocenters. The lowest BCUT2D eigenvalue weighted by molar-refractivity contribution is 0.454. The zero-order chi connectivity index (χ0) is 13.6. The van der Waals surface area contributed by atoms with Crippen LogP contribution in [-0.4, -0.2) is 10.2 Å². The van der Waals surface area contributed by atoms with E-state index < -0.39 is 5.63 Å². The Morgan fingerprint density at radius 1 is 1.05 bits per heavy atom. The quantitative estimate of drug-likeness (QED) is 0.396. The minimum absolute atomic E-state index is 0.0665. The summed E-state index contributed by atoms with van der Waals surface area (Å²) >= 11 is 0. The van der Waals surface area contributed by atoms with E-state index in [2.05, 4.69) is 5.18 Å². The van der Waals surface area contributed by atoms with E-state index >= 15 is 0 Å². The Balaban J connectivity index is 2.59. The van der Waals surface area contributed by atoms with E-state index in [0.29, 0.717) is 5.39 Å². The topological polar surface area (TPSA) is 100 Å². The number of phenolic OH excluding ortho intramolecular Hbond substituents is 2. The van der Waals surface area contributed by atoms with Crippen LogP contribution in [0.15, 0.2) is 44.7 Å². The smallest absolute Gasteiger partial charge is 0.344 e. The van der Waals surface area contributed by atoms with Gasteiger partial charge in [-0.1, -0.05) is 0 Å². The molecule has 0 aliphatic rings. The SMILES string of the molecule is O=Nc1ccc2c(c1)oc(=O)c1cc(O)cc(O)c12. The van der Waals surface area contributed by atoms with E-state index in [1.807, 2.05) is 0 Å². The van der Waals surface area contributed by atoms with E-state index in [1.165, 1.54) is 24.3 Å². The van der Waals surface area contributed by atoms with Crippen LogP contribution >= 0.6 is 0 Å². The molecule has 0 radical (unpaired) electrons. The van der Waals surface area contributed by atoms with Gasteiger partial charge in [-0.25, -0.2) is 4.79 Å². The highest BCUT2D eigenvalue weighted by Crippen LogP contribution is 2.34. The molecule has 0 atom stereocenters. The molecule has 19 heavy (non-hydrogen) atoms. The van der Waals surface area contributed by atoms with Crippen LogP contribution in [0.1, 0.15) is 0 Å². The summed E-state index contributed by atoms with van der Waals surface area (Å²) in [5, 5.41) is 22.8. The molecule has 0 aliphatic carbocycles. The Labute approximate surface area is 105 Å². The Morgan fingerprint density at radius 2 is 1.84 bits per heavy atom. The second kappa shape index (κ2) is 3.81. The lowest BCUT2D eigenvalue weighted by atomic mass is 10.1. The fraction of sp³-hybridized carbons (Fsp3) is 0. The molecule has 2 N–H and O–H groups in total. The first-order valence-corrected chi connectivity index (χ1v) is 5.36. The van der Waals surface area contributed by atoms with E-state index in [-0.39, 0.29) is 33.5 Å². The van der Waals surface area contributed by atoms with Gasteiger partial charge in [-0.2, -0.15) is 0 Å². The third-order valence-corrected chi connectivity index (χ3v) is 2.86. The first kappa shape index (κ1) is 11.2. The van der Waals surface area contributed by atoms with E-state index in [9.17, 15) is 19.9 Å². The summed E-state index contributed by atoms with van der Waals surface area (Å²) in [4.78, 5) is 22.3. The van der Waals surface area contributed by atoms with Gasteiger partial charge in [-0.05, 0) is 23.4 Å². The molecule has 1 aromatic heterocycles. The minimum Gasteiger partial charge on any atom is -0.508 e. The van der Waals surface area contributed by atoms with Crippen LogP contribution in [0.25, 0.3) is 21.7 Å². The zero-order valence-electron chi connectivity index (χ0n) is 9.45. The van der Waals surface area contributed by atoms with Crippen molar-refractivity contribution in [3.05, 3.63) is 45.7 Å². The second-order valence-electron chi connectivity index (χ2n) is 4.05. The second-order valence-corrected chi connectivity index (χ2v) is 4.05. The molecule has 3 aromatic rings. The Bertz CT molecular complexity index is 881. The van der Waals surface area contributed by atoms with Crippen molar-refractivity contribution in [3.8, 4) is 11.5 Å². The van der Waals surface area contributed by atoms with Crippen molar-refractivity contribution >= 4 is 27.4 Å². The van der Waals surface area contributed by atoms with Crippen molar-refractivity contribution in [2.24, 2.45) is 5.18 Å². The maximum atomic E-state index is 11.8. The van der Waals surface area contributed by atoms with Crippen LogP contribution in [0, 0.1) is 4.91 Å². The average Bonchev–Trinajstić information content (AvgIpc) is 2.38. The molecule has 94 valence electrons. The molecule has 0 amide bonds. The summed E-state index contributed by atoms with van der Waals surface area (Å²) in [7, 11) is 0. The van der Waals surface area contributed by atoms with Crippen molar-refractivity contribution < 1.29 is 14.6 Å². The lowest BCUT2D eigenvalue weighted by Crippen LogP contribution is -1.99. The number of nitrogens with zero attached hydrogens (tertiary/aromatic N) is 1. The van der Waals surface area contributed by atoms with Crippen molar-refractivity contribution in [3.63, 3.8) is 0 Å². The highest BCUT2D eigenvalue weighted by molar-refractivity contribution is 6.08. The van der Waals surface area contributed by atoms with Crippen LogP contribution < -0.4 is 5.63 Å². The summed E-state index contributed by atoms with van der Waals surface area (Å²) in [6.07, 6.45) is 0. The summed E-state index contributed by atoms with van der Waals surface area (Å²) in [6.45, 7) is 0. The number of phenols is 2. The molecule has 0 spiro atoms. The number of rotatable bonds is 1. The number of hydrogen-bond donors (Lipinski definition) is 2. The van der Waals surface area contributed by atoms with Gasteiger partial charge < -0.3 is 14.6 Å². The molecule has 0 saturated heterocycles. The maximum absolute atomic E-state index is 11.8. The first-order chi connectivity index (χ1) is 9.10. The summed E-state index contributed by atoms with van der Waals surface area (Å²) < 4.78 is 5.05. The largest absolute Gasteiger partial charge is 0.508 e. The minimum atomic E-state index is -0.711. The predicted octanol–water partition coefficient (Wildman–Crippen LogP) is 2.76. The van der Waals surface area contributed by atoms with Crippen LogP contribution in [0.5, 0.6) is 11.5 Å². The normalized spacial score (nSPS) is 10.9. The van der Waals surface area contributed by atoms with Gasteiger partial charge in [0.05, 0.1) is 5.39 Å². The van der Waals surface area contributed by atoms with Gasteiger partial charge in [0, 0.05) is 22.9 Å². The molecule has 0 bridgehead atoms. The maximum Gasteiger partial charge on any atom is 0.344 e. The molecular formula is C13H7NO5. The standard InChI is InChI=1S/C13H7NO5/c15-7-4-9-12(10(16)5-7)8-2-1-6(14-18)3-11(8)19-13(9)17/h1-5,15-16H. The molecule has 1 heterocycles. The van der Waals surface area contributed by atoms with Crippen molar-refractivity contribution in [1.29, 1.82) is 0 Å². The van der Waals surface area contributed by atoms with Gasteiger partial charge in [0.25, 0.3) is 0 Å². The Kier molecular flexibility index (Phi) is 2.25. The van der Waals surface area contributed by atoms with Crippen LogP contribution in [0.4, 0.5) is 5.69 Å². The molecule has 0 aliphatic heterocycles. The number of fused-ring (bicyclic) bond motifs is 3. The summed E-state index contributed by atoms with van der Waals surface area (Å²) in [5.41, 5.74) is -0.444. The molecule has 0 saturated carbocycles. The molecule has 6 nitrogen and oxygen atoms in total. The summed E-state index contributed by atoms with van der Waals surface area (Å²) in [5.74, 6) is -0.470. The number of nitroso groups, excluding NO2 is 1. The van der Waals surface area contributed by atoms with Crippen molar-refractivity contribution in [2.45, 2.75) is 0 Å². The van der Waals surface area contributed by atoms with Crippen LogP contribution in [-0.2, 0) is 0 Å². The first-order valence-electron chi connectivity index (χ1n) is 5.36.